The van der Waals surface area contributed by atoms with Crippen molar-refractivity contribution < 1.29 is 183 Å². The molecule has 0 radical (unpaired) electrons. The summed E-state index contributed by atoms with van der Waals surface area (Å²) in [5.74, 6) is -2.57. The van der Waals surface area contributed by atoms with Gasteiger partial charge in [0.25, 0.3) is 40.5 Å². The molecule has 0 saturated heterocycles. The fraction of sp³-hybridized carbons (Fsp3) is 0.386. The van der Waals surface area contributed by atoms with Crippen molar-refractivity contribution in [1.29, 1.82) is 0 Å². The Morgan fingerprint density at radius 1 is 0.662 bits per heavy atom. The molecule has 3 aromatic carbocycles. The molecule has 0 spiro atoms. The Balaban J connectivity index is 0.00000397. The molecule has 3 aliphatic rings. The molecule has 14 nitrogen and oxygen atoms in total. The maximum Gasteiger partial charge on any atom is 1.00 e. The van der Waals surface area contributed by atoms with Gasteiger partial charge in [0, 0.05) is 47.5 Å². The zero-order chi connectivity index (χ0) is 47.2. The van der Waals surface area contributed by atoms with E-state index in [4.69, 9.17) is 0 Å². The van der Waals surface area contributed by atoms with Crippen molar-refractivity contribution in [2.75, 3.05) is 29.5 Å². The maximum atomic E-state index is 16.0. The Morgan fingerprint density at radius 2 is 1.21 bits per heavy atom. The number of hydrogen-bond acceptors (Lipinski definition) is 9. The molecule has 346 valence electrons. The summed E-state index contributed by atoms with van der Waals surface area (Å²) >= 11 is 0. The topological polar surface area (TPSA) is 224 Å². The molecule has 68 heavy (non-hydrogen) atoms. The van der Waals surface area contributed by atoms with E-state index in [-0.39, 0.29) is 160 Å². The van der Waals surface area contributed by atoms with Crippen LogP contribution in [0.1, 0.15) is 89.3 Å². The second-order valence-electron chi connectivity index (χ2n) is 17.2. The molecule has 0 saturated carbocycles. The van der Waals surface area contributed by atoms with Crippen LogP contribution in [0.25, 0.3) is 5.57 Å². The van der Waals surface area contributed by atoms with Crippen molar-refractivity contribution in [3.8, 4) is 0 Å². The van der Waals surface area contributed by atoms with Crippen LogP contribution >= 0.6 is 0 Å². The van der Waals surface area contributed by atoms with Crippen LogP contribution in [0.15, 0.2) is 106 Å². The van der Waals surface area contributed by atoms with Gasteiger partial charge in [-0.3, -0.25) is 18.2 Å². The summed E-state index contributed by atoms with van der Waals surface area (Å²) in [4.78, 5) is 1.24. The molecule has 0 atom stereocenters. The van der Waals surface area contributed by atoms with E-state index in [1.54, 1.807) is 36.4 Å². The Hall–Kier alpha value is -0.410. The van der Waals surface area contributed by atoms with E-state index < -0.39 is 74.4 Å². The maximum absolute atomic E-state index is 16.0. The van der Waals surface area contributed by atoms with E-state index in [2.05, 4.69) is 0 Å². The molecule has 1 aliphatic carbocycles. The number of fused-ring (bicyclic) bond motifs is 2. The number of anilines is 1. The van der Waals surface area contributed by atoms with E-state index in [1.165, 1.54) is 30.3 Å². The van der Waals surface area contributed by atoms with E-state index in [9.17, 15) is 51.9 Å². The van der Waals surface area contributed by atoms with Crippen LogP contribution in [0, 0.1) is 11.6 Å². The minimum absolute atomic E-state index is 0. The van der Waals surface area contributed by atoms with Gasteiger partial charge in [0.05, 0.1) is 32.3 Å². The van der Waals surface area contributed by atoms with Gasteiger partial charge in [-0.1, -0.05) is 32.1 Å². The van der Waals surface area contributed by atoms with Crippen molar-refractivity contribution in [2.45, 2.75) is 93.3 Å². The average molecular weight is 1060 g/mol. The minimum Gasteiger partial charge on any atom is -0.344 e. The Labute approximate surface area is 487 Å². The Kier molecular flexibility index (Phi) is 23.2. The standard InChI is InChI=1S/C44H50F2N2O12S4.4Na/c1-43(2)33-27-31(63(55,56)57)17-19-37(33)47(23-5-7-25-61(49,50)51)39(43)21-15-29-11-9-12-30(41(29)42-35(45)13-10-14-36(42)46)16-22-40-44(3,4)34-28-32(64(58,59)60)18-20-38(34)48(40)24-6-8-26-62(52,53)54;;;;/h10,13-22,27-28H,5-9,11-12,23-26H2,1-4H3,(H3-,49,50,51,52,53,54,55,56,57,58,59,60);;;;/q;4*+1/p+1. The molecule has 2 aliphatic heterocycles. The summed E-state index contributed by atoms with van der Waals surface area (Å²) in [7, 11) is -17.6. The van der Waals surface area contributed by atoms with E-state index in [0.29, 0.717) is 82.7 Å². The largest absolute Gasteiger partial charge is 1.00 e. The van der Waals surface area contributed by atoms with Gasteiger partial charge in [-0.15, -0.1) is 0 Å². The van der Waals surface area contributed by atoms with Crippen LogP contribution in [-0.4, -0.2) is 86.8 Å². The summed E-state index contributed by atoms with van der Waals surface area (Å²) in [6.07, 6.45) is 9.26. The van der Waals surface area contributed by atoms with Gasteiger partial charge in [-0.2, -0.15) is 38.2 Å². The molecular weight excluding hydrogens is 1010 g/mol. The quantitative estimate of drug-likeness (QED) is 0.0466. The summed E-state index contributed by atoms with van der Waals surface area (Å²) in [6, 6.07) is 11.9. The number of nitrogens with zero attached hydrogens (tertiary/aromatic N) is 2. The minimum atomic E-state index is -4.58. The number of unbranched alkanes of at least 4 members (excludes halogenated alkanes) is 2. The summed E-state index contributed by atoms with van der Waals surface area (Å²) < 4.78 is 167. The SMILES string of the molecule is CC1(C)C(/C=C/C2=C(c3c(F)cccc3F)C(=C/C=C3/N(CCCCS(=O)(=O)O)c4ccc(S(=O)(=O)O)cc4C3(C)C)/CCC2)=[N+](CCCCS(=O)(=O)O)c2ccc(S(=O)(=O)O)cc21.[Na+].[Na+].[Na+].[Na+]. The first kappa shape index (κ1) is 63.7. The number of benzene rings is 3. The van der Waals surface area contributed by atoms with Crippen LogP contribution in [-0.2, 0) is 51.3 Å². The van der Waals surface area contributed by atoms with Crippen molar-refractivity contribution in [2.24, 2.45) is 0 Å². The van der Waals surface area contributed by atoms with Crippen molar-refractivity contribution in [3.05, 3.63) is 124 Å². The van der Waals surface area contributed by atoms with E-state index in [0.717, 1.165) is 12.1 Å². The fourth-order valence-corrected chi connectivity index (χ4v) is 11.0. The third-order valence-corrected chi connectivity index (χ3v) is 15.3. The van der Waals surface area contributed by atoms with E-state index in [1.807, 2.05) is 37.2 Å². The average Bonchev–Trinajstić information content (AvgIpc) is 3.52. The second kappa shape index (κ2) is 24.7. The predicted molar refractivity (Wildman–Crippen MR) is 239 cm³/mol. The number of allylic oxidation sites excluding steroid dienone is 8. The first-order chi connectivity index (χ1) is 29.6. The molecular formula is C44H51F2N2Na4O12S4+5. The second-order valence-corrected chi connectivity index (χ2v) is 23.1. The zero-order valence-electron chi connectivity index (χ0n) is 39.6. The van der Waals surface area contributed by atoms with Crippen LogP contribution < -0.4 is 123 Å². The molecule has 0 bridgehead atoms. The Morgan fingerprint density at radius 3 is 1.76 bits per heavy atom. The van der Waals surface area contributed by atoms with Gasteiger partial charge in [-0.25, -0.2) is 8.78 Å². The molecule has 4 N–H and O–H groups in total. The summed E-state index contributed by atoms with van der Waals surface area (Å²) in [5, 5.41) is 0. The molecule has 24 heteroatoms. The number of hydrogen-bond donors (Lipinski definition) is 4. The van der Waals surface area contributed by atoms with Crippen molar-refractivity contribution >= 4 is 63.1 Å². The number of halogens is 2. The Bertz CT molecular complexity index is 3010. The monoisotopic (exact) mass is 1060 g/mol. The van der Waals surface area contributed by atoms with Crippen LogP contribution in [0.4, 0.5) is 20.2 Å². The van der Waals surface area contributed by atoms with Gasteiger partial charge in [0.2, 0.25) is 5.69 Å². The summed E-state index contributed by atoms with van der Waals surface area (Å²) in [5.41, 5.74) is 2.93. The van der Waals surface area contributed by atoms with Gasteiger partial charge >= 0.3 is 118 Å². The first-order valence-corrected chi connectivity index (χ1v) is 26.6. The third-order valence-electron chi connectivity index (χ3n) is 12.0. The molecule has 0 unspecified atom stereocenters. The number of rotatable bonds is 16. The third kappa shape index (κ3) is 14.9. The van der Waals surface area contributed by atoms with Gasteiger partial charge in [-0.05, 0) is 123 Å². The summed E-state index contributed by atoms with van der Waals surface area (Å²) in [6.45, 7) is 7.87. The van der Waals surface area contributed by atoms with Crippen LogP contribution in [0.2, 0.25) is 0 Å². The molecule has 2 heterocycles. The van der Waals surface area contributed by atoms with Gasteiger partial charge in [0.1, 0.15) is 18.2 Å². The zero-order valence-corrected chi connectivity index (χ0v) is 50.9. The van der Waals surface area contributed by atoms with Crippen LogP contribution in [0.3, 0.4) is 0 Å². The van der Waals surface area contributed by atoms with Gasteiger partial charge < -0.3 is 4.90 Å². The molecule has 0 aromatic heterocycles. The van der Waals surface area contributed by atoms with Crippen LogP contribution in [0.5, 0.6) is 0 Å². The normalized spacial score (nSPS) is 17.9. The predicted octanol–water partition coefficient (Wildman–Crippen LogP) is -4.01. The van der Waals surface area contributed by atoms with E-state index >= 15 is 8.78 Å². The molecule has 6 rings (SSSR count). The van der Waals surface area contributed by atoms with Crippen molar-refractivity contribution in [1.82, 2.24) is 0 Å². The molecule has 0 amide bonds. The van der Waals surface area contributed by atoms with Crippen molar-refractivity contribution in [3.63, 3.8) is 0 Å². The fourth-order valence-electron chi connectivity index (χ4n) is 8.90. The molecule has 0 fully saturated rings. The first-order valence-electron chi connectivity index (χ1n) is 20.5. The van der Waals surface area contributed by atoms with Gasteiger partial charge in [0.15, 0.2) is 5.71 Å². The molecule has 3 aromatic rings. The smallest absolute Gasteiger partial charge is 0.344 e.